The van der Waals surface area contributed by atoms with E-state index in [1.165, 1.54) is 50.8 Å². The molecule has 0 unspecified atom stereocenters. The van der Waals surface area contributed by atoms with Gasteiger partial charge in [-0.2, -0.15) is 0 Å². The van der Waals surface area contributed by atoms with Crippen LogP contribution < -0.4 is 5.32 Å². The Hall–Kier alpha value is -0.890. The summed E-state index contributed by atoms with van der Waals surface area (Å²) in [7, 11) is 0. The lowest BCUT2D eigenvalue weighted by Gasteiger charge is -2.22. The van der Waals surface area contributed by atoms with Crippen molar-refractivity contribution in [1.29, 1.82) is 0 Å². The lowest BCUT2D eigenvalue weighted by Crippen LogP contribution is -2.27. The van der Waals surface area contributed by atoms with Gasteiger partial charge in [-0.3, -0.25) is 4.98 Å². The van der Waals surface area contributed by atoms with Gasteiger partial charge in [0.15, 0.2) is 0 Å². The zero-order valence-corrected chi connectivity index (χ0v) is 9.28. The summed E-state index contributed by atoms with van der Waals surface area (Å²) in [6.07, 6.45) is 10.5. The molecule has 1 aliphatic rings. The summed E-state index contributed by atoms with van der Waals surface area (Å²) in [6.45, 7) is 2.44. The predicted octanol–water partition coefficient (Wildman–Crippen LogP) is 2.40. The van der Waals surface area contributed by atoms with E-state index in [-0.39, 0.29) is 0 Å². The van der Waals surface area contributed by atoms with E-state index >= 15 is 0 Å². The van der Waals surface area contributed by atoms with Gasteiger partial charge in [0, 0.05) is 12.4 Å². The Balaban J connectivity index is 1.66. The van der Waals surface area contributed by atoms with Crippen LogP contribution in [0, 0.1) is 5.92 Å². The van der Waals surface area contributed by atoms with Gasteiger partial charge >= 0.3 is 0 Å². The molecule has 2 nitrogen and oxygen atoms in total. The number of rotatable bonds is 4. The number of nitrogens with one attached hydrogen (secondary N) is 1. The molecule has 1 saturated heterocycles. The average Bonchev–Trinajstić information content (AvgIpc) is 2.32. The quantitative estimate of drug-likeness (QED) is 0.814. The monoisotopic (exact) mass is 204 g/mol. The molecule has 0 aliphatic carbocycles. The molecular formula is C13H20N2. The summed E-state index contributed by atoms with van der Waals surface area (Å²) >= 11 is 0. The topological polar surface area (TPSA) is 24.9 Å². The third-order valence-electron chi connectivity index (χ3n) is 3.26. The third kappa shape index (κ3) is 3.63. The van der Waals surface area contributed by atoms with Gasteiger partial charge in [-0.1, -0.05) is 12.5 Å². The highest BCUT2D eigenvalue weighted by Crippen LogP contribution is 2.18. The highest BCUT2D eigenvalue weighted by molar-refractivity contribution is 5.08. The summed E-state index contributed by atoms with van der Waals surface area (Å²) < 4.78 is 0. The average molecular weight is 204 g/mol. The van der Waals surface area contributed by atoms with Crippen molar-refractivity contribution >= 4 is 0 Å². The second-order valence-corrected chi connectivity index (χ2v) is 4.45. The van der Waals surface area contributed by atoms with E-state index in [1.54, 1.807) is 0 Å². The molecule has 0 aromatic carbocycles. The van der Waals surface area contributed by atoms with Crippen LogP contribution in [0.3, 0.4) is 0 Å². The first-order valence-corrected chi connectivity index (χ1v) is 6.05. The molecule has 1 N–H and O–H groups in total. The Kier molecular flexibility index (Phi) is 4.15. The number of pyridine rings is 1. The number of hydrogen-bond donors (Lipinski definition) is 1. The minimum absolute atomic E-state index is 0.961. The maximum Gasteiger partial charge on any atom is 0.0299 e. The maximum absolute atomic E-state index is 4.14. The molecule has 2 heterocycles. The smallest absolute Gasteiger partial charge is 0.0299 e. The SMILES string of the molecule is c1cncc(CCCC2CCNCC2)c1. The first kappa shape index (κ1) is 10.6. The summed E-state index contributed by atoms with van der Waals surface area (Å²) in [5.74, 6) is 0.961. The van der Waals surface area contributed by atoms with Crippen LogP contribution >= 0.6 is 0 Å². The minimum Gasteiger partial charge on any atom is -0.317 e. The minimum atomic E-state index is 0.961. The number of nitrogens with zero attached hydrogens (tertiary/aromatic N) is 1. The van der Waals surface area contributed by atoms with Gasteiger partial charge in [0.05, 0.1) is 0 Å². The van der Waals surface area contributed by atoms with Crippen molar-refractivity contribution < 1.29 is 0 Å². The summed E-state index contributed by atoms with van der Waals surface area (Å²) in [4.78, 5) is 4.14. The van der Waals surface area contributed by atoms with Crippen LogP contribution in [-0.4, -0.2) is 18.1 Å². The first-order chi connectivity index (χ1) is 7.45. The Labute approximate surface area is 92.1 Å². The number of piperidine rings is 1. The zero-order chi connectivity index (χ0) is 10.3. The molecule has 1 aromatic heterocycles. The molecule has 82 valence electrons. The van der Waals surface area contributed by atoms with E-state index in [0.717, 1.165) is 5.92 Å². The summed E-state index contributed by atoms with van der Waals surface area (Å²) in [6, 6.07) is 4.20. The molecule has 0 saturated carbocycles. The van der Waals surface area contributed by atoms with Crippen LogP contribution in [0.1, 0.15) is 31.2 Å². The van der Waals surface area contributed by atoms with Gasteiger partial charge in [0.1, 0.15) is 0 Å². The van der Waals surface area contributed by atoms with Crippen molar-refractivity contribution in [2.24, 2.45) is 5.92 Å². The van der Waals surface area contributed by atoms with E-state index in [2.05, 4.69) is 16.4 Å². The van der Waals surface area contributed by atoms with Crippen LogP contribution in [0.25, 0.3) is 0 Å². The van der Waals surface area contributed by atoms with Crippen molar-refractivity contribution in [2.75, 3.05) is 13.1 Å². The molecular weight excluding hydrogens is 184 g/mol. The Bertz CT molecular complexity index is 265. The van der Waals surface area contributed by atoms with Gasteiger partial charge in [0.2, 0.25) is 0 Å². The Morgan fingerprint density at radius 1 is 1.33 bits per heavy atom. The normalized spacial score (nSPS) is 17.9. The largest absolute Gasteiger partial charge is 0.317 e. The molecule has 0 spiro atoms. The lowest BCUT2D eigenvalue weighted by atomic mass is 9.92. The molecule has 1 aliphatic heterocycles. The van der Waals surface area contributed by atoms with Crippen LogP contribution in [0.4, 0.5) is 0 Å². The van der Waals surface area contributed by atoms with Crippen LogP contribution in [0.2, 0.25) is 0 Å². The highest BCUT2D eigenvalue weighted by Gasteiger charge is 2.11. The van der Waals surface area contributed by atoms with Crippen LogP contribution in [0.5, 0.6) is 0 Å². The molecule has 0 atom stereocenters. The van der Waals surface area contributed by atoms with E-state index < -0.39 is 0 Å². The summed E-state index contributed by atoms with van der Waals surface area (Å²) in [5, 5.41) is 3.41. The number of aryl methyl sites for hydroxylation is 1. The number of aromatic nitrogens is 1. The van der Waals surface area contributed by atoms with Gasteiger partial charge in [0.25, 0.3) is 0 Å². The summed E-state index contributed by atoms with van der Waals surface area (Å²) in [5.41, 5.74) is 1.38. The fourth-order valence-electron chi connectivity index (χ4n) is 2.31. The fourth-order valence-corrected chi connectivity index (χ4v) is 2.31. The Morgan fingerprint density at radius 2 is 2.20 bits per heavy atom. The van der Waals surface area contributed by atoms with Crippen molar-refractivity contribution in [3.63, 3.8) is 0 Å². The molecule has 2 heteroatoms. The first-order valence-electron chi connectivity index (χ1n) is 6.05. The molecule has 0 bridgehead atoms. The second kappa shape index (κ2) is 5.86. The van der Waals surface area contributed by atoms with Crippen LogP contribution in [-0.2, 0) is 6.42 Å². The Morgan fingerprint density at radius 3 is 2.93 bits per heavy atom. The standard InChI is InChI=1S/C13H20N2/c1(3-12-6-9-14-10-7-12)4-13-5-2-8-15-11-13/h2,5,8,11-12,14H,1,3-4,6-7,9-10H2. The van der Waals surface area contributed by atoms with Crippen molar-refractivity contribution in [2.45, 2.75) is 32.1 Å². The highest BCUT2D eigenvalue weighted by atomic mass is 14.9. The van der Waals surface area contributed by atoms with E-state index in [4.69, 9.17) is 0 Å². The molecule has 0 amide bonds. The van der Waals surface area contributed by atoms with Crippen molar-refractivity contribution in [3.8, 4) is 0 Å². The third-order valence-corrected chi connectivity index (χ3v) is 3.26. The second-order valence-electron chi connectivity index (χ2n) is 4.45. The lowest BCUT2D eigenvalue weighted by molar-refractivity contribution is 0.347. The maximum atomic E-state index is 4.14. The van der Waals surface area contributed by atoms with E-state index in [0.29, 0.717) is 0 Å². The molecule has 1 fully saturated rings. The van der Waals surface area contributed by atoms with Crippen LogP contribution in [0.15, 0.2) is 24.5 Å². The van der Waals surface area contributed by atoms with E-state index in [1.807, 2.05) is 18.5 Å². The number of hydrogen-bond acceptors (Lipinski definition) is 2. The molecule has 0 radical (unpaired) electrons. The zero-order valence-electron chi connectivity index (χ0n) is 9.28. The van der Waals surface area contributed by atoms with Crippen molar-refractivity contribution in [3.05, 3.63) is 30.1 Å². The van der Waals surface area contributed by atoms with Gasteiger partial charge in [-0.15, -0.1) is 0 Å². The molecule has 15 heavy (non-hydrogen) atoms. The van der Waals surface area contributed by atoms with Gasteiger partial charge in [-0.05, 0) is 56.3 Å². The van der Waals surface area contributed by atoms with Crippen molar-refractivity contribution in [1.82, 2.24) is 10.3 Å². The predicted molar refractivity (Wildman–Crippen MR) is 62.8 cm³/mol. The van der Waals surface area contributed by atoms with Gasteiger partial charge in [-0.25, -0.2) is 0 Å². The molecule has 1 aromatic rings. The molecule has 2 rings (SSSR count). The van der Waals surface area contributed by atoms with E-state index in [9.17, 15) is 0 Å². The van der Waals surface area contributed by atoms with Gasteiger partial charge < -0.3 is 5.32 Å². The fraction of sp³-hybridized carbons (Fsp3) is 0.615.